The Morgan fingerprint density at radius 1 is 1.15 bits per heavy atom. The maximum Gasteiger partial charge on any atom is 0.321 e. The molecule has 3 nitrogen and oxygen atoms in total. The molecule has 1 fully saturated rings. The number of anilines is 1. The van der Waals surface area contributed by atoms with Gasteiger partial charge in [-0.2, -0.15) is 0 Å². The summed E-state index contributed by atoms with van der Waals surface area (Å²) in [6.45, 7) is 8.15. The number of likely N-dealkylation sites (tertiary alicyclic amines) is 1. The summed E-state index contributed by atoms with van der Waals surface area (Å²) >= 11 is 0. The molecule has 1 aliphatic heterocycles. The lowest BCUT2D eigenvalue weighted by Crippen LogP contribution is -2.36. The van der Waals surface area contributed by atoms with Gasteiger partial charge in [-0.3, -0.25) is 0 Å². The van der Waals surface area contributed by atoms with Crippen LogP contribution in [0.5, 0.6) is 0 Å². The molecule has 1 heterocycles. The summed E-state index contributed by atoms with van der Waals surface area (Å²) in [6, 6.07) is 6.29. The molecule has 3 heteroatoms. The highest BCUT2D eigenvalue weighted by molar-refractivity contribution is 5.91. The highest BCUT2D eigenvalue weighted by atomic mass is 16.2. The number of para-hydroxylation sites is 1. The lowest BCUT2D eigenvalue weighted by molar-refractivity contribution is 0.213. The van der Waals surface area contributed by atoms with Gasteiger partial charge >= 0.3 is 6.03 Å². The molecule has 2 rings (SSSR count). The molecule has 0 aliphatic carbocycles. The molecule has 1 aromatic rings. The topological polar surface area (TPSA) is 32.3 Å². The molecular weight excluding hydrogens is 248 g/mol. The average molecular weight is 274 g/mol. The van der Waals surface area contributed by atoms with Gasteiger partial charge in [0, 0.05) is 18.8 Å². The van der Waals surface area contributed by atoms with Crippen LogP contribution >= 0.6 is 0 Å². The third kappa shape index (κ3) is 3.53. The molecule has 0 saturated carbocycles. The molecule has 20 heavy (non-hydrogen) atoms. The number of hydrogen-bond donors (Lipinski definition) is 1. The highest BCUT2D eigenvalue weighted by Crippen LogP contribution is 2.27. The van der Waals surface area contributed by atoms with E-state index in [9.17, 15) is 4.79 Å². The largest absolute Gasteiger partial charge is 0.325 e. The van der Waals surface area contributed by atoms with Crippen molar-refractivity contribution in [3.05, 3.63) is 29.3 Å². The predicted molar refractivity (Wildman–Crippen MR) is 84.3 cm³/mol. The first-order valence-electron chi connectivity index (χ1n) is 7.75. The molecule has 0 aromatic heterocycles. The Balaban J connectivity index is 2.14. The summed E-state index contributed by atoms with van der Waals surface area (Å²) in [5.41, 5.74) is 3.35. The second-order valence-electron chi connectivity index (χ2n) is 6.03. The lowest BCUT2D eigenvalue weighted by Gasteiger charge is -2.23. The third-order valence-electron chi connectivity index (χ3n) is 4.05. The molecule has 0 radical (unpaired) electrons. The van der Waals surface area contributed by atoms with Crippen LogP contribution in [-0.4, -0.2) is 24.0 Å². The standard InChI is InChI=1S/C17H26N2O/c1-13(2)15-10-8-9-14(3)16(15)18-17(20)19-11-6-4-5-7-12-19/h8-10,13H,4-7,11-12H2,1-3H3,(H,18,20). The van der Waals surface area contributed by atoms with Crippen LogP contribution in [-0.2, 0) is 0 Å². The smallest absolute Gasteiger partial charge is 0.321 e. The fourth-order valence-electron chi connectivity index (χ4n) is 2.80. The normalized spacial score (nSPS) is 16.1. The maximum atomic E-state index is 12.5. The van der Waals surface area contributed by atoms with Gasteiger partial charge in [-0.1, -0.05) is 44.9 Å². The SMILES string of the molecule is Cc1cccc(C(C)C)c1NC(=O)N1CCCCCC1. The summed E-state index contributed by atoms with van der Waals surface area (Å²) in [6.07, 6.45) is 4.73. The van der Waals surface area contributed by atoms with Crippen LogP contribution < -0.4 is 5.32 Å². The van der Waals surface area contributed by atoms with Gasteiger partial charge in [0.05, 0.1) is 0 Å². The van der Waals surface area contributed by atoms with Crippen LogP contribution in [0.1, 0.15) is 56.6 Å². The van der Waals surface area contributed by atoms with E-state index < -0.39 is 0 Å². The van der Waals surface area contributed by atoms with Gasteiger partial charge in [0.2, 0.25) is 0 Å². The summed E-state index contributed by atoms with van der Waals surface area (Å²) in [5.74, 6) is 0.411. The van der Waals surface area contributed by atoms with Crippen LogP contribution in [0.4, 0.5) is 10.5 Å². The van der Waals surface area contributed by atoms with Crippen LogP contribution in [0.25, 0.3) is 0 Å². The van der Waals surface area contributed by atoms with Crippen molar-refractivity contribution in [2.24, 2.45) is 0 Å². The van der Waals surface area contributed by atoms with Gasteiger partial charge < -0.3 is 10.2 Å². The number of nitrogens with zero attached hydrogens (tertiary/aromatic N) is 1. The fraction of sp³-hybridized carbons (Fsp3) is 0.588. The molecule has 2 amide bonds. The first kappa shape index (κ1) is 14.9. The molecule has 0 spiro atoms. The zero-order valence-electron chi connectivity index (χ0n) is 12.9. The van der Waals surface area contributed by atoms with Gasteiger partial charge in [0.15, 0.2) is 0 Å². The van der Waals surface area contributed by atoms with Crippen molar-refractivity contribution in [3.8, 4) is 0 Å². The summed E-state index contributed by atoms with van der Waals surface area (Å²) in [5, 5.41) is 3.14. The van der Waals surface area contributed by atoms with Crippen molar-refractivity contribution >= 4 is 11.7 Å². The van der Waals surface area contributed by atoms with E-state index in [2.05, 4.69) is 44.3 Å². The van der Waals surface area contributed by atoms with E-state index in [0.717, 1.165) is 37.2 Å². The molecule has 1 N–H and O–H groups in total. The van der Waals surface area contributed by atoms with Crippen molar-refractivity contribution in [1.29, 1.82) is 0 Å². The molecule has 1 aliphatic rings. The average Bonchev–Trinajstić information content (AvgIpc) is 2.69. The first-order chi connectivity index (χ1) is 9.59. The minimum Gasteiger partial charge on any atom is -0.325 e. The van der Waals surface area contributed by atoms with Gasteiger partial charge in [-0.05, 0) is 36.8 Å². The maximum absolute atomic E-state index is 12.5. The van der Waals surface area contributed by atoms with Gasteiger partial charge in [0.25, 0.3) is 0 Å². The zero-order chi connectivity index (χ0) is 14.5. The third-order valence-corrected chi connectivity index (χ3v) is 4.05. The summed E-state index contributed by atoms with van der Waals surface area (Å²) < 4.78 is 0. The Bertz CT molecular complexity index is 460. The Morgan fingerprint density at radius 3 is 2.40 bits per heavy atom. The second kappa shape index (κ2) is 6.78. The quantitative estimate of drug-likeness (QED) is 0.844. The highest BCUT2D eigenvalue weighted by Gasteiger charge is 2.18. The molecule has 0 unspecified atom stereocenters. The lowest BCUT2D eigenvalue weighted by atomic mass is 9.98. The van der Waals surface area contributed by atoms with Crippen molar-refractivity contribution < 1.29 is 4.79 Å². The molecular formula is C17H26N2O. The van der Waals surface area contributed by atoms with E-state index in [0.29, 0.717) is 5.92 Å². The van der Waals surface area contributed by atoms with Gasteiger partial charge in [-0.25, -0.2) is 4.79 Å². The predicted octanol–water partition coefficient (Wildman–Crippen LogP) is 4.53. The number of carbonyl (C=O) groups excluding carboxylic acids is 1. The second-order valence-corrected chi connectivity index (χ2v) is 6.03. The number of nitrogens with one attached hydrogen (secondary N) is 1. The molecule has 0 bridgehead atoms. The van der Waals surface area contributed by atoms with Gasteiger partial charge in [-0.15, -0.1) is 0 Å². The number of amides is 2. The van der Waals surface area contributed by atoms with Crippen molar-refractivity contribution in [2.75, 3.05) is 18.4 Å². The van der Waals surface area contributed by atoms with Crippen molar-refractivity contribution in [3.63, 3.8) is 0 Å². The van der Waals surface area contributed by atoms with Crippen LogP contribution in [0.15, 0.2) is 18.2 Å². The number of benzene rings is 1. The fourth-order valence-corrected chi connectivity index (χ4v) is 2.80. The Labute approximate surface area is 122 Å². The van der Waals surface area contributed by atoms with E-state index in [-0.39, 0.29) is 6.03 Å². The summed E-state index contributed by atoms with van der Waals surface area (Å²) in [4.78, 5) is 14.4. The van der Waals surface area contributed by atoms with Crippen LogP contribution in [0, 0.1) is 6.92 Å². The molecule has 1 aromatic carbocycles. The van der Waals surface area contributed by atoms with E-state index >= 15 is 0 Å². The number of rotatable bonds is 2. The number of urea groups is 1. The molecule has 110 valence electrons. The number of aryl methyl sites for hydroxylation is 1. The van der Waals surface area contributed by atoms with Gasteiger partial charge in [0.1, 0.15) is 0 Å². The Hall–Kier alpha value is -1.51. The van der Waals surface area contributed by atoms with E-state index in [4.69, 9.17) is 0 Å². The Kier molecular flexibility index (Phi) is 5.05. The molecule has 0 atom stereocenters. The van der Waals surface area contributed by atoms with Crippen LogP contribution in [0.2, 0.25) is 0 Å². The van der Waals surface area contributed by atoms with E-state index in [1.165, 1.54) is 18.4 Å². The summed E-state index contributed by atoms with van der Waals surface area (Å²) in [7, 11) is 0. The van der Waals surface area contributed by atoms with E-state index in [1.807, 2.05) is 4.90 Å². The van der Waals surface area contributed by atoms with E-state index in [1.54, 1.807) is 0 Å². The number of carbonyl (C=O) groups is 1. The Morgan fingerprint density at radius 2 is 1.80 bits per heavy atom. The zero-order valence-corrected chi connectivity index (χ0v) is 12.9. The monoisotopic (exact) mass is 274 g/mol. The van der Waals surface area contributed by atoms with Crippen LogP contribution in [0.3, 0.4) is 0 Å². The number of hydrogen-bond acceptors (Lipinski definition) is 1. The molecule has 1 saturated heterocycles. The van der Waals surface area contributed by atoms with Crippen molar-refractivity contribution in [1.82, 2.24) is 4.90 Å². The minimum atomic E-state index is 0.0584. The first-order valence-corrected chi connectivity index (χ1v) is 7.75. The minimum absolute atomic E-state index is 0.0584. The van der Waals surface area contributed by atoms with Crippen molar-refractivity contribution in [2.45, 2.75) is 52.4 Å².